The summed E-state index contributed by atoms with van der Waals surface area (Å²) in [6.07, 6.45) is 1.77. The smallest absolute Gasteiger partial charge is 0.421 e. The number of hydrogen-bond acceptors (Lipinski definition) is 5. The van der Waals surface area contributed by atoms with E-state index >= 15 is 0 Å². The molecule has 8 nitrogen and oxygen atoms in total. The molecule has 0 bridgehead atoms. The van der Waals surface area contributed by atoms with E-state index in [1.54, 1.807) is 4.72 Å². The van der Waals surface area contributed by atoms with Gasteiger partial charge in [-0.2, -0.15) is 13.1 Å². The third kappa shape index (κ3) is 9.56. The Hall–Kier alpha value is -1.35. The van der Waals surface area contributed by atoms with E-state index in [1.807, 2.05) is 6.92 Å². The van der Waals surface area contributed by atoms with Gasteiger partial charge < -0.3 is 9.84 Å². The van der Waals surface area contributed by atoms with Gasteiger partial charge in [0.2, 0.25) is 0 Å². The number of carbonyl (C=O) groups is 2. The molecule has 0 aromatic carbocycles. The van der Waals surface area contributed by atoms with Crippen molar-refractivity contribution < 1.29 is 27.9 Å². The van der Waals surface area contributed by atoms with E-state index in [0.29, 0.717) is 12.8 Å². The standard InChI is InChI=1S/C11H22N2O6S/c1-3-4-9(5-6-10(14)15)7-8-12-20(17,18)13-11(16)19-2/h9,12H,3-8H2,1-2H3,(H,13,16)(H,14,15). The molecule has 0 saturated heterocycles. The van der Waals surface area contributed by atoms with Crippen LogP contribution in [0.1, 0.15) is 39.0 Å². The summed E-state index contributed by atoms with van der Waals surface area (Å²) in [6, 6.07) is 0. The zero-order valence-electron chi connectivity index (χ0n) is 11.7. The second-order valence-electron chi connectivity index (χ2n) is 4.37. The van der Waals surface area contributed by atoms with Gasteiger partial charge in [0.25, 0.3) is 0 Å². The molecule has 0 rings (SSSR count). The molecule has 3 N–H and O–H groups in total. The van der Waals surface area contributed by atoms with E-state index in [1.165, 1.54) is 0 Å². The van der Waals surface area contributed by atoms with Gasteiger partial charge in [-0.25, -0.2) is 9.52 Å². The number of aliphatic carboxylic acids is 1. The van der Waals surface area contributed by atoms with Crippen molar-refractivity contribution >= 4 is 22.3 Å². The first-order valence-corrected chi connectivity index (χ1v) is 7.86. The maximum Gasteiger partial charge on any atom is 0.421 e. The van der Waals surface area contributed by atoms with Crippen LogP contribution in [0.15, 0.2) is 0 Å². The number of rotatable bonds is 10. The quantitative estimate of drug-likeness (QED) is 0.550. The van der Waals surface area contributed by atoms with Gasteiger partial charge in [0, 0.05) is 13.0 Å². The highest BCUT2D eigenvalue weighted by atomic mass is 32.2. The average Bonchev–Trinajstić information content (AvgIpc) is 2.34. The van der Waals surface area contributed by atoms with Crippen molar-refractivity contribution in [1.29, 1.82) is 0 Å². The summed E-state index contributed by atoms with van der Waals surface area (Å²) in [5.74, 6) is -0.726. The van der Waals surface area contributed by atoms with E-state index in [9.17, 15) is 18.0 Å². The Bertz CT molecular complexity index is 409. The lowest BCUT2D eigenvalue weighted by Crippen LogP contribution is -2.40. The highest BCUT2D eigenvalue weighted by molar-refractivity contribution is 7.88. The molecule has 0 aromatic heterocycles. The molecule has 0 aromatic rings. The summed E-state index contributed by atoms with van der Waals surface area (Å²) in [4.78, 5) is 21.3. The van der Waals surface area contributed by atoms with Crippen LogP contribution in [0.25, 0.3) is 0 Å². The predicted molar refractivity (Wildman–Crippen MR) is 72.3 cm³/mol. The SMILES string of the molecule is CCCC(CCNS(=O)(=O)NC(=O)OC)CCC(=O)O. The molecule has 1 unspecified atom stereocenters. The molecule has 0 radical (unpaired) electrons. The van der Waals surface area contributed by atoms with E-state index in [0.717, 1.165) is 20.0 Å². The van der Waals surface area contributed by atoms with Gasteiger partial charge in [-0.1, -0.05) is 19.8 Å². The van der Waals surface area contributed by atoms with Crippen LogP contribution in [0.3, 0.4) is 0 Å². The fourth-order valence-corrected chi connectivity index (χ4v) is 2.52. The van der Waals surface area contributed by atoms with Gasteiger partial charge in [-0.05, 0) is 18.8 Å². The lowest BCUT2D eigenvalue weighted by atomic mass is 9.95. The number of carboxylic acids is 1. The number of nitrogens with one attached hydrogen (secondary N) is 2. The summed E-state index contributed by atoms with van der Waals surface area (Å²) in [5.41, 5.74) is 0. The minimum Gasteiger partial charge on any atom is -0.481 e. The monoisotopic (exact) mass is 310 g/mol. The molecule has 118 valence electrons. The first kappa shape index (κ1) is 18.7. The lowest BCUT2D eigenvalue weighted by molar-refractivity contribution is -0.137. The largest absolute Gasteiger partial charge is 0.481 e. The number of amides is 1. The predicted octanol–water partition coefficient (Wildman–Crippen LogP) is 0.848. The van der Waals surface area contributed by atoms with Gasteiger partial charge in [0.05, 0.1) is 7.11 Å². The number of methoxy groups -OCH3 is 1. The van der Waals surface area contributed by atoms with Crippen LogP contribution in [0.2, 0.25) is 0 Å². The first-order chi connectivity index (χ1) is 9.30. The zero-order valence-corrected chi connectivity index (χ0v) is 12.5. The van der Waals surface area contributed by atoms with Gasteiger partial charge in [-0.3, -0.25) is 4.79 Å². The number of carbonyl (C=O) groups excluding carboxylic acids is 1. The van der Waals surface area contributed by atoms with Crippen LogP contribution in [-0.2, 0) is 19.7 Å². The van der Waals surface area contributed by atoms with Crippen molar-refractivity contribution in [3.05, 3.63) is 0 Å². The Balaban J connectivity index is 4.15. The molecule has 0 fully saturated rings. The van der Waals surface area contributed by atoms with Crippen molar-refractivity contribution in [2.75, 3.05) is 13.7 Å². The molecule has 0 spiro atoms. The number of hydrogen-bond donors (Lipinski definition) is 3. The normalized spacial score (nSPS) is 12.7. The van der Waals surface area contributed by atoms with E-state index in [-0.39, 0.29) is 18.9 Å². The van der Waals surface area contributed by atoms with Crippen LogP contribution in [0, 0.1) is 5.92 Å². The Morgan fingerprint density at radius 3 is 2.40 bits per heavy atom. The maximum absolute atomic E-state index is 11.4. The fourth-order valence-electron chi connectivity index (χ4n) is 1.75. The van der Waals surface area contributed by atoms with Gasteiger partial charge in [0.1, 0.15) is 0 Å². The van der Waals surface area contributed by atoms with Crippen molar-refractivity contribution in [3.63, 3.8) is 0 Å². The molecule has 0 aliphatic heterocycles. The van der Waals surface area contributed by atoms with Crippen molar-refractivity contribution in [2.24, 2.45) is 5.92 Å². The summed E-state index contributed by atoms with van der Waals surface area (Å²) in [5, 5.41) is 8.64. The molecule has 9 heteroatoms. The van der Waals surface area contributed by atoms with Crippen LogP contribution in [0.4, 0.5) is 4.79 Å². The van der Waals surface area contributed by atoms with Crippen molar-refractivity contribution in [1.82, 2.24) is 9.44 Å². The maximum atomic E-state index is 11.4. The van der Waals surface area contributed by atoms with Crippen LogP contribution in [-0.4, -0.2) is 39.2 Å². The van der Waals surface area contributed by atoms with E-state index in [4.69, 9.17) is 5.11 Å². The highest BCUT2D eigenvalue weighted by Gasteiger charge is 2.15. The minimum atomic E-state index is -3.93. The van der Waals surface area contributed by atoms with Crippen molar-refractivity contribution in [3.8, 4) is 0 Å². The molecular weight excluding hydrogens is 288 g/mol. The minimum absolute atomic E-state index is 0.0673. The third-order valence-electron chi connectivity index (χ3n) is 2.71. The van der Waals surface area contributed by atoms with Crippen LogP contribution < -0.4 is 9.44 Å². The van der Waals surface area contributed by atoms with Gasteiger partial charge in [-0.15, -0.1) is 0 Å². The van der Waals surface area contributed by atoms with E-state index < -0.39 is 22.3 Å². The molecule has 20 heavy (non-hydrogen) atoms. The Morgan fingerprint density at radius 2 is 1.90 bits per heavy atom. The average molecular weight is 310 g/mol. The Morgan fingerprint density at radius 1 is 1.25 bits per heavy atom. The van der Waals surface area contributed by atoms with Crippen LogP contribution in [0.5, 0.6) is 0 Å². The second kappa shape index (κ2) is 9.54. The Kier molecular flexibility index (Phi) is 8.89. The molecule has 0 saturated carbocycles. The summed E-state index contributed by atoms with van der Waals surface area (Å²) in [7, 11) is -2.86. The topological polar surface area (TPSA) is 122 Å². The van der Waals surface area contributed by atoms with Gasteiger partial charge in [0.15, 0.2) is 0 Å². The zero-order chi connectivity index (χ0) is 15.6. The second-order valence-corrected chi connectivity index (χ2v) is 5.87. The number of ether oxygens (including phenoxy) is 1. The molecule has 0 aliphatic rings. The number of carboxylic acid groups (broad SMARTS) is 1. The van der Waals surface area contributed by atoms with Crippen molar-refractivity contribution in [2.45, 2.75) is 39.0 Å². The molecule has 0 heterocycles. The molecule has 1 atom stereocenters. The highest BCUT2D eigenvalue weighted by Crippen LogP contribution is 2.17. The van der Waals surface area contributed by atoms with Gasteiger partial charge >= 0.3 is 22.3 Å². The lowest BCUT2D eigenvalue weighted by Gasteiger charge is -2.15. The third-order valence-corrected chi connectivity index (χ3v) is 3.73. The van der Waals surface area contributed by atoms with E-state index in [2.05, 4.69) is 9.46 Å². The van der Waals surface area contributed by atoms with Crippen LogP contribution >= 0.6 is 0 Å². The summed E-state index contributed by atoms with van der Waals surface area (Å²) in [6.45, 7) is 2.12. The summed E-state index contributed by atoms with van der Waals surface area (Å²) < 4.78 is 30.8. The molecular formula is C11H22N2O6S. The molecule has 0 aliphatic carbocycles. The molecule has 1 amide bonds. The fraction of sp³-hybridized carbons (Fsp3) is 0.818. The first-order valence-electron chi connectivity index (χ1n) is 6.37. The Labute approximate surface area is 119 Å². The summed E-state index contributed by atoms with van der Waals surface area (Å²) >= 11 is 0.